The molecule has 1 N–H and O–H groups in total. The molecule has 0 aromatic heterocycles. The summed E-state index contributed by atoms with van der Waals surface area (Å²) in [6, 6.07) is 0. The number of rotatable bonds is 4. The first-order valence-corrected chi connectivity index (χ1v) is 7.44. The van der Waals surface area contributed by atoms with E-state index in [0.717, 1.165) is 0 Å². The monoisotopic (exact) mass is 286 g/mol. The fraction of sp³-hybridized carbons (Fsp3) is 0.933. The summed E-state index contributed by atoms with van der Waals surface area (Å²) in [5, 5.41) is 9.46. The molecular formula is C15H26O5. The van der Waals surface area contributed by atoms with Crippen molar-refractivity contribution in [2.75, 3.05) is 0 Å². The summed E-state index contributed by atoms with van der Waals surface area (Å²) in [6.07, 6.45) is 0.516. The summed E-state index contributed by atoms with van der Waals surface area (Å²) in [5.41, 5.74) is -0.658. The maximum absolute atomic E-state index is 12.4. The van der Waals surface area contributed by atoms with Gasteiger partial charge in [-0.3, -0.25) is 4.79 Å². The van der Waals surface area contributed by atoms with Gasteiger partial charge in [0, 0.05) is 12.3 Å². The average Bonchev–Trinajstić information content (AvgIpc) is 2.52. The van der Waals surface area contributed by atoms with Crippen molar-refractivity contribution in [1.29, 1.82) is 0 Å². The lowest BCUT2D eigenvalue weighted by Crippen LogP contribution is -2.44. The highest BCUT2D eigenvalue weighted by Crippen LogP contribution is 2.43. The van der Waals surface area contributed by atoms with E-state index in [4.69, 9.17) is 14.5 Å². The number of hydrogen-bond donors (Lipinski definition) is 1. The molecule has 1 heterocycles. The minimum atomic E-state index is -0.658. The van der Waals surface area contributed by atoms with E-state index in [2.05, 4.69) is 6.92 Å². The first kappa shape index (κ1) is 15.7. The van der Waals surface area contributed by atoms with Crippen LogP contribution in [-0.4, -0.2) is 35.0 Å². The number of esters is 1. The van der Waals surface area contributed by atoms with Crippen LogP contribution in [0.5, 0.6) is 0 Å². The molecular weight excluding hydrogens is 260 g/mol. The zero-order valence-electron chi connectivity index (χ0n) is 13.0. The molecule has 0 aromatic carbocycles. The zero-order chi connectivity index (χ0) is 15.1. The van der Waals surface area contributed by atoms with E-state index in [0.29, 0.717) is 18.8 Å². The van der Waals surface area contributed by atoms with Crippen molar-refractivity contribution in [3.8, 4) is 0 Å². The molecule has 2 rings (SSSR count). The van der Waals surface area contributed by atoms with Gasteiger partial charge < -0.3 is 9.84 Å². The molecule has 1 aliphatic carbocycles. The van der Waals surface area contributed by atoms with E-state index in [1.165, 1.54) is 0 Å². The number of carbonyl (C=O) groups excluding carboxylic acids is 1. The topological polar surface area (TPSA) is 65.0 Å². The Bertz CT molecular complexity index is 365. The molecule has 1 saturated carbocycles. The molecule has 6 unspecified atom stereocenters. The van der Waals surface area contributed by atoms with Crippen LogP contribution in [0, 0.1) is 17.8 Å². The molecule has 1 saturated heterocycles. The lowest BCUT2D eigenvalue weighted by molar-refractivity contribution is -0.294. The molecule has 2 bridgehead atoms. The fourth-order valence-electron chi connectivity index (χ4n) is 3.45. The predicted molar refractivity (Wildman–Crippen MR) is 72.6 cm³/mol. The van der Waals surface area contributed by atoms with Crippen molar-refractivity contribution < 1.29 is 24.4 Å². The van der Waals surface area contributed by atoms with Crippen LogP contribution in [0.15, 0.2) is 0 Å². The van der Waals surface area contributed by atoms with E-state index in [9.17, 15) is 9.90 Å². The van der Waals surface area contributed by atoms with Crippen molar-refractivity contribution >= 4 is 5.97 Å². The Balaban J connectivity index is 2.00. The second kappa shape index (κ2) is 5.62. The Kier molecular flexibility index (Phi) is 4.42. The molecule has 20 heavy (non-hydrogen) atoms. The van der Waals surface area contributed by atoms with E-state index in [-0.39, 0.29) is 30.0 Å². The summed E-state index contributed by atoms with van der Waals surface area (Å²) in [6.45, 7) is 9.46. The van der Waals surface area contributed by atoms with Crippen LogP contribution in [0.4, 0.5) is 0 Å². The third kappa shape index (κ3) is 3.15. The molecule has 0 spiro atoms. The minimum Gasteiger partial charge on any atom is -0.459 e. The number of fused-ring (bicyclic) bond motifs is 2. The largest absolute Gasteiger partial charge is 0.459 e. The van der Waals surface area contributed by atoms with Crippen molar-refractivity contribution in [3.63, 3.8) is 0 Å². The zero-order valence-corrected chi connectivity index (χ0v) is 13.0. The van der Waals surface area contributed by atoms with Crippen LogP contribution in [0.1, 0.15) is 47.5 Å². The summed E-state index contributed by atoms with van der Waals surface area (Å²) in [4.78, 5) is 23.0. The molecule has 2 aliphatic rings. The fourth-order valence-corrected chi connectivity index (χ4v) is 3.45. The second-order valence-electron chi connectivity index (χ2n) is 6.99. The quantitative estimate of drug-likeness (QED) is 0.633. The Morgan fingerprint density at radius 1 is 1.35 bits per heavy atom. The summed E-state index contributed by atoms with van der Waals surface area (Å²) in [5.74, 6) is -0.00533. The van der Waals surface area contributed by atoms with Gasteiger partial charge in [0.25, 0.3) is 0 Å². The Morgan fingerprint density at radius 3 is 2.60 bits per heavy atom. The Labute approximate surface area is 120 Å². The molecule has 5 heteroatoms. The summed E-state index contributed by atoms with van der Waals surface area (Å²) < 4.78 is 5.61. The number of hydrogen-bond acceptors (Lipinski definition) is 5. The van der Waals surface area contributed by atoms with Gasteiger partial charge in [0.2, 0.25) is 0 Å². The highest BCUT2D eigenvalue weighted by molar-refractivity contribution is 5.73. The highest BCUT2D eigenvalue weighted by Gasteiger charge is 2.51. The van der Waals surface area contributed by atoms with Crippen molar-refractivity contribution in [1.82, 2.24) is 0 Å². The van der Waals surface area contributed by atoms with E-state index in [1.807, 2.05) is 20.8 Å². The maximum Gasteiger partial charge on any atom is 0.309 e. The van der Waals surface area contributed by atoms with Crippen molar-refractivity contribution in [3.05, 3.63) is 0 Å². The summed E-state index contributed by atoms with van der Waals surface area (Å²) in [7, 11) is 0. The normalized spacial score (nSPS) is 38.6. The van der Waals surface area contributed by atoms with Gasteiger partial charge >= 0.3 is 5.97 Å². The molecule has 6 atom stereocenters. The molecule has 0 radical (unpaired) electrons. The van der Waals surface area contributed by atoms with Gasteiger partial charge in [0.15, 0.2) is 0 Å². The lowest BCUT2D eigenvalue weighted by atomic mass is 9.72. The minimum absolute atomic E-state index is 0.0198. The number of ether oxygens (including phenoxy) is 1. The van der Waals surface area contributed by atoms with Crippen LogP contribution in [0.25, 0.3) is 0 Å². The van der Waals surface area contributed by atoms with Gasteiger partial charge in [0.05, 0.1) is 18.1 Å². The average molecular weight is 286 g/mol. The third-order valence-electron chi connectivity index (χ3n) is 4.50. The first-order valence-electron chi connectivity index (χ1n) is 7.44. The molecule has 5 nitrogen and oxygen atoms in total. The predicted octanol–water partition coefficient (Wildman–Crippen LogP) is 2.07. The standard InChI is InChI=1S/C15H26O5/c1-8(16)7-15(4,5)18-14(17)11-6-12-10(3)13(9(11)2)20-19-12/h8-13,16H,6-7H2,1-5H3. The number of carbonyl (C=O) groups is 1. The van der Waals surface area contributed by atoms with Gasteiger partial charge in [-0.1, -0.05) is 13.8 Å². The third-order valence-corrected chi connectivity index (χ3v) is 4.50. The van der Waals surface area contributed by atoms with E-state index >= 15 is 0 Å². The Hall–Kier alpha value is -0.650. The van der Waals surface area contributed by atoms with Gasteiger partial charge in [-0.2, -0.15) is 0 Å². The SMILES string of the molecule is CC(O)CC(C)(C)OC(=O)C1CC2OOC(C2C)C1C. The maximum atomic E-state index is 12.4. The van der Waals surface area contributed by atoms with Crippen LogP contribution in [0.3, 0.4) is 0 Å². The van der Waals surface area contributed by atoms with Crippen molar-refractivity contribution in [2.24, 2.45) is 17.8 Å². The smallest absolute Gasteiger partial charge is 0.309 e. The van der Waals surface area contributed by atoms with Crippen LogP contribution >= 0.6 is 0 Å². The highest BCUT2D eigenvalue weighted by atomic mass is 17.2. The van der Waals surface area contributed by atoms with Gasteiger partial charge in [-0.05, 0) is 33.1 Å². The van der Waals surface area contributed by atoms with Crippen LogP contribution in [0.2, 0.25) is 0 Å². The van der Waals surface area contributed by atoms with Crippen LogP contribution in [-0.2, 0) is 19.3 Å². The molecule has 1 aliphatic heterocycles. The lowest BCUT2D eigenvalue weighted by Gasteiger charge is -2.35. The van der Waals surface area contributed by atoms with Crippen LogP contribution < -0.4 is 0 Å². The van der Waals surface area contributed by atoms with E-state index < -0.39 is 11.7 Å². The molecule has 0 amide bonds. The van der Waals surface area contributed by atoms with Crippen molar-refractivity contribution in [2.45, 2.75) is 71.4 Å². The Morgan fingerprint density at radius 2 is 2.00 bits per heavy atom. The van der Waals surface area contributed by atoms with Gasteiger partial charge in [-0.15, -0.1) is 0 Å². The molecule has 0 aromatic rings. The van der Waals surface area contributed by atoms with E-state index in [1.54, 1.807) is 6.92 Å². The number of aliphatic hydroxyl groups is 1. The second-order valence-corrected chi connectivity index (χ2v) is 6.99. The first-order chi connectivity index (χ1) is 9.21. The molecule has 2 fully saturated rings. The van der Waals surface area contributed by atoms with Gasteiger partial charge in [0.1, 0.15) is 11.7 Å². The number of aliphatic hydroxyl groups excluding tert-OH is 1. The molecule has 116 valence electrons. The van der Waals surface area contributed by atoms with Gasteiger partial charge in [-0.25, -0.2) is 9.78 Å². The summed E-state index contributed by atoms with van der Waals surface area (Å²) >= 11 is 0.